The molecule has 0 aliphatic rings. The molecule has 0 spiro atoms. The van der Waals surface area contributed by atoms with Crippen molar-refractivity contribution in [3.05, 3.63) is 71.8 Å². The summed E-state index contributed by atoms with van der Waals surface area (Å²) < 4.78 is 0. The van der Waals surface area contributed by atoms with E-state index in [-0.39, 0.29) is 17.9 Å². The lowest BCUT2D eigenvalue weighted by Gasteiger charge is -2.29. The third kappa shape index (κ3) is 6.55. The first kappa shape index (κ1) is 20.7. The molecule has 0 aromatic heterocycles. The first-order valence-electron chi connectivity index (χ1n) is 9.69. The van der Waals surface area contributed by atoms with Gasteiger partial charge in [0.1, 0.15) is 6.04 Å². The number of hydrogen-bond acceptors (Lipinski definition) is 2. The average Bonchev–Trinajstić information content (AvgIpc) is 2.69. The summed E-state index contributed by atoms with van der Waals surface area (Å²) in [5, 5.41) is 2.99. The average molecular weight is 367 g/mol. The standard InChI is InChI=1S/C23H30N2O2/c1-4-18(2)24-23(27)19(3)25(16-15-20-11-7-5-8-12-20)22(26)17-21-13-9-6-10-14-21/h5-14,18-19H,4,15-17H2,1-3H3,(H,24,27)/t18-,19-/m1/s1. The number of nitrogens with zero attached hydrogens (tertiary/aromatic N) is 1. The summed E-state index contributed by atoms with van der Waals surface area (Å²) in [6.07, 6.45) is 1.89. The van der Waals surface area contributed by atoms with Crippen LogP contribution in [0, 0.1) is 0 Å². The Kier molecular flexibility index (Phi) is 8.05. The van der Waals surface area contributed by atoms with Crippen molar-refractivity contribution < 1.29 is 9.59 Å². The fourth-order valence-electron chi connectivity index (χ4n) is 2.91. The van der Waals surface area contributed by atoms with Gasteiger partial charge in [-0.25, -0.2) is 0 Å². The van der Waals surface area contributed by atoms with Gasteiger partial charge in [-0.1, -0.05) is 67.6 Å². The predicted octanol–water partition coefficient (Wildman–Crippen LogP) is 3.60. The van der Waals surface area contributed by atoms with Crippen LogP contribution in [0.2, 0.25) is 0 Å². The van der Waals surface area contributed by atoms with Gasteiger partial charge < -0.3 is 10.2 Å². The number of amides is 2. The first-order chi connectivity index (χ1) is 13.0. The second-order valence-electron chi connectivity index (χ2n) is 6.98. The molecule has 0 saturated heterocycles. The molecular formula is C23H30N2O2. The number of carbonyl (C=O) groups is 2. The van der Waals surface area contributed by atoms with Crippen molar-refractivity contribution in [1.29, 1.82) is 0 Å². The Bertz CT molecular complexity index is 716. The molecule has 0 aliphatic carbocycles. The van der Waals surface area contributed by atoms with Gasteiger partial charge >= 0.3 is 0 Å². The smallest absolute Gasteiger partial charge is 0.242 e. The highest BCUT2D eigenvalue weighted by molar-refractivity contribution is 5.88. The van der Waals surface area contributed by atoms with E-state index in [0.29, 0.717) is 13.0 Å². The minimum atomic E-state index is -0.501. The minimum Gasteiger partial charge on any atom is -0.352 e. The summed E-state index contributed by atoms with van der Waals surface area (Å²) in [6, 6.07) is 19.3. The van der Waals surface area contributed by atoms with Gasteiger partial charge in [-0.2, -0.15) is 0 Å². The predicted molar refractivity (Wildman–Crippen MR) is 109 cm³/mol. The number of hydrogen-bond donors (Lipinski definition) is 1. The van der Waals surface area contributed by atoms with E-state index in [9.17, 15) is 9.59 Å². The van der Waals surface area contributed by atoms with Gasteiger partial charge in [0.05, 0.1) is 6.42 Å². The van der Waals surface area contributed by atoms with Crippen LogP contribution >= 0.6 is 0 Å². The quantitative estimate of drug-likeness (QED) is 0.737. The number of nitrogens with one attached hydrogen (secondary N) is 1. The molecule has 2 aromatic carbocycles. The Morgan fingerprint density at radius 1 is 0.926 bits per heavy atom. The van der Waals surface area contributed by atoms with Crippen LogP contribution in [-0.2, 0) is 22.4 Å². The Morgan fingerprint density at radius 2 is 1.48 bits per heavy atom. The van der Waals surface area contributed by atoms with Crippen molar-refractivity contribution in [1.82, 2.24) is 10.2 Å². The molecule has 2 aromatic rings. The summed E-state index contributed by atoms with van der Waals surface area (Å²) in [4.78, 5) is 27.3. The fraction of sp³-hybridized carbons (Fsp3) is 0.391. The molecule has 0 fully saturated rings. The topological polar surface area (TPSA) is 49.4 Å². The number of benzene rings is 2. The van der Waals surface area contributed by atoms with E-state index >= 15 is 0 Å². The van der Waals surface area contributed by atoms with Gasteiger partial charge in [0, 0.05) is 12.6 Å². The molecule has 0 unspecified atom stereocenters. The van der Waals surface area contributed by atoms with Crippen molar-refractivity contribution in [3.63, 3.8) is 0 Å². The monoisotopic (exact) mass is 366 g/mol. The summed E-state index contributed by atoms with van der Waals surface area (Å²) >= 11 is 0. The van der Waals surface area contributed by atoms with E-state index in [2.05, 4.69) is 5.32 Å². The van der Waals surface area contributed by atoms with E-state index in [1.54, 1.807) is 4.90 Å². The van der Waals surface area contributed by atoms with Gasteiger partial charge in [0.2, 0.25) is 11.8 Å². The molecule has 4 nitrogen and oxygen atoms in total. The van der Waals surface area contributed by atoms with Crippen LogP contribution in [0.5, 0.6) is 0 Å². The van der Waals surface area contributed by atoms with Crippen LogP contribution in [0.3, 0.4) is 0 Å². The zero-order chi connectivity index (χ0) is 19.6. The molecule has 0 heterocycles. The Hall–Kier alpha value is -2.62. The first-order valence-corrected chi connectivity index (χ1v) is 9.69. The molecule has 0 saturated carbocycles. The fourth-order valence-corrected chi connectivity index (χ4v) is 2.91. The van der Waals surface area contributed by atoms with E-state index in [1.807, 2.05) is 81.4 Å². The molecular weight excluding hydrogens is 336 g/mol. The lowest BCUT2D eigenvalue weighted by Crippen LogP contribution is -2.50. The molecule has 0 aliphatic heterocycles. The van der Waals surface area contributed by atoms with Gasteiger partial charge in [0.15, 0.2) is 0 Å². The van der Waals surface area contributed by atoms with Gasteiger partial charge in [0.25, 0.3) is 0 Å². The van der Waals surface area contributed by atoms with Crippen LogP contribution in [0.25, 0.3) is 0 Å². The summed E-state index contributed by atoms with van der Waals surface area (Å²) in [5.41, 5.74) is 2.12. The maximum Gasteiger partial charge on any atom is 0.242 e. The number of rotatable bonds is 9. The lowest BCUT2D eigenvalue weighted by molar-refractivity contribution is -0.139. The van der Waals surface area contributed by atoms with Gasteiger partial charge in [-0.3, -0.25) is 9.59 Å². The van der Waals surface area contributed by atoms with Crippen LogP contribution in [0.4, 0.5) is 0 Å². The third-order valence-electron chi connectivity index (χ3n) is 4.85. The molecule has 0 bridgehead atoms. The lowest BCUT2D eigenvalue weighted by atomic mass is 10.1. The second kappa shape index (κ2) is 10.5. The maximum atomic E-state index is 13.0. The zero-order valence-corrected chi connectivity index (χ0v) is 16.5. The van der Waals surface area contributed by atoms with Crippen LogP contribution in [0.15, 0.2) is 60.7 Å². The summed E-state index contributed by atoms with van der Waals surface area (Å²) in [7, 11) is 0. The zero-order valence-electron chi connectivity index (χ0n) is 16.5. The van der Waals surface area contributed by atoms with Crippen LogP contribution in [0.1, 0.15) is 38.3 Å². The molecule has 144 valence electrons. The molecule has 4 heteroatoms. The molecule has 1 N–H and O–H groups in total. The molecule has 27 heavy (non-hydrogen) atoms. The summed E-state index contributed by atoms with van der Waals surface area (Å²) in [6.45, 7) is 6.34. The highest BCUT2D eigenvalue weighted by Crippen LogP contribution is 2.10. The van der Waals surface area contributed by atoms with Gasteiger partial charge in [-0.05, 0) is 37.8 Å². The summed E-state index contributed by atoms with van der Waals surface area (Å²) in [5.74, 6) is -0.122. The van der Waals surface area contributed by atoms with Crippen molar-refractivity contribution in [2.45, 2.75) is 52.1 Å². The normalized spacial score (nSPS) is 12.9. The van der Waals surface area contributed by atoms with E-state index < -0.39 is 6.04 Å². The SMILES string of the molecule is CC[C@@H](C)NC(=O)[C@@H](C)N(CCc1ccccc1)C(=O)Cc1ccccc1. The molecule has 2 rings (SSSR count). The highest BCUT2D eigenvalue weighted by Gasteiger charge is 2.26. The Balaban J connectivity index is 2.11. The maximum absolute atomic E-state index is 13.0. The van der Waals surface area contributed by atoms with Crippen molar-refractivity contribution in [2.24, 2.45) is 0 Å². The third-order valence-corrected chi connectivity index (χ3v) is 4.85. The van der Waals surface area contributed by atoms with Crippen LogP contribution < -0.4 is 5.32 Å². The molecule has 2 atom stereocenters. The Labute approximate surface area is 162 Å². The van der Waals surface area contributed by atoms with E-state index in [0.717, 1.165) is 24.0 Å². The number of carbonyl (C=O) groups excluding carboxylic acids is 2. The molecule has 0 radical (unpaired) electrons. The molecule has 2 amide bonds. The largest absolute Gasteiger partial charge is 0.352 e. The van der Waals surface area contributed by atoms with Crippen molar-refractivity contribution in [3.8, 4) is 0 Å². The van der Waals surface area contributed by atoms with Crippen molar-refractivity contribution >= 4 is 11.8 Å². The Morgan fingerprint density at radius 3 is 2.04 bits per heavy atom. The highest BCUT2D eigenvalue weighted by atomic mass is 16.2. The van der Waals surface area contributed by atoms with E-state index in [4.69, 9.17) is 0 Å². The van der Waals surface area contributed by atoms with E-state index in [1.165, 1.54) is 0 Å². The minimum absolute atomic E-state index is 0.0241. The van der Waals surface area contributed by atoms with Crippen LogP contribution in [-0.4, -0.2) is 35.3 Å². The van der Waals surface area contributed by atoms with Crippen molar-refractivity contribution in [2.75, 3.05) is 6.54 Å². The van der Waals surface area contributed by atoms with Gasteiger partial charge in [-0.15, -0.1) is 0 Å². The second-order valence-corrected chi connectivity index (χ2v) is 6.98.